The van der Waals surface area contributed by atoms with Crippen LogP contribution in [0.2, 0.25) is 0 Å². The number of hydrogen-bond acceptors (Lipinski definition) is 3. The van der Waals surface area contributed by atoms with E-state index in [4.69, 9.17) is 10.5 Å². The van der Waals surface area contributed by atoms with E-state index in [1.807, 2.05) is 32.0 Å². The lowest BCUT2D eigenvalue weighted by Crippen LogP contribution is -2.33. The number of hydrogen-bond donors (Lipinski definition) is 2. The maximum Gasteiger partial charge on any atom is 0.251 e. The molecule has 4 nitrogen and oxygen atoms in total. The van der Waals surface area contributed by atoms with Crippen molar-refractivity contribution in [2.45, 2.75) is 32.9 Å². The van der Waals surface area contributed by atoms with Gasteiger partial charge in [-0.3, -0.25) is 4.79 Å². The molecule has 0 aliphatic heterocycles. The van der Waals surface area contributed by atoms with Crippen LogP contribution in [-0.2, 0) is 11.3 Å². The molecular formula is C14H23ClN2O2. The molecule has 0 aliphatic rings. The van der Waals surface area contributed by atoms with E-state index in [1.165, 1.54) is 0 Å². The van der Waals surface area contributed by atoms with Crippen LogP contribution in [0.4, 0.5) is 0 Å². The Morgan fingerprint density at radius 3 is 2.74 bits per heavy atom. The summed E-state index contributed by atoms with van der Waals surface area (Å²) >= 11 is 0. The molecule has 5 heteroatoms. The third-order valence-corrected chi connectivity index (χ3v) is 2.77. The minimum atomic E-state index is -0.0801. The van der Waals surface area contributed by atoms with Crippen molar-refractivity contribution in [3.63, 3.8) is 0 Å². The first kappa shape index (κ1) is 17.9. The summed E-state index contributed by atoms with van der Waals surface area (Å²) in [4.78, 5) is 11.9. The van der Waals surface area contributed by atoms with Crippen LogP contribution in [-0.4, -0.2) is 25.2 Å². The Balaban J connectivity index is 0.00000324. The van der Waals surface area contributed by atoms with Crippen LogP contribution in [0, 0.1) is 0 Å². The minimum absolute atomic E-state index is 0. The number of amides is 1. The molecule has 0 saturated heterocycles. The van der Waals surface area contributed by atoms with Crippen LogP contribution in [0.15, 0.2) is 24.3 Å². The van der Waals surface area contributed by atoms with Gasteiger partial charge in [0.25, 0.3) is 5.91 Å². The first-order chi connectivity index (χ1) is 8.71. The second-order valence-corrected chi connectivity index (χ2v) is 4.10. The Labute approximate surface area is 121 Å². The Hall–Kier alpha value is -1.10. The molecule has 0 bridgehead atoms. The van der Waals surface area contributed by atoms with Crippen LogP contribution in [0.3, 0.4) is 0 Å². The lowest BCUT2D eigenvalue weighted by atomic mass is 10.1. The summed E-state index contributed by atoms with van der Waals surface area (Å²) in [5.74, 6) is -0.0801. The molecule has 1 aromatic rings. The number of carbonyl (C=O) groups excluding carboxylic acids is 1. The maximum absolute atomic E-state index is 11.9. The van der Waals surface area contributed by atoms with Gasteiger partial charge in [-0.05, 0) is 31.0 Å². The monoisotopic (exact) mass is 286 g/mol. The van der Waals surface area contributed by atoms with Crippen LogP contribution in [0.25, 0.3) is 0 Å². The van der Waals surface area contributed by atoms with Crippen LogP contribution < -0.4 is 11.1 Å². The highest BCUT2D eigenvalue weighted by Gasteiger charge is 2.10. The first-order valence-electron chi connectivity index (χ1n) is 6.40. The number of rotatable bonds is 7. The van der Waals surface area contributed by atoms with Crippen LogP contribution in [0.5, 0.6) is 0 Å². The van der Waals surface area contributed by atoms with Crippen LogP contribution >= 0.6 is 12.4 Å². The van der Waals surface area contributed by atoms with E-state index >= 15 is 0 Å². The largest absolute Gasteiger partial charge is 0.377 e. The van der Waals surface area contributed by atoms with E-state index in [9.17, 15) is 4.79 Å². The van der Waals surface area contributed by atoms with E-state index in [0.717, 1.165) is 12.0 Å². The second-order valence-electron chi connectivity index (χ2n) is 4.10. The number of nitrogens with two attached hydrogens (primary N) is 1. The third-order valence-electron chi connectivity index (χ3n) is 2.77. The number of carbonyl (C=O) groups is 1. The van der Waals surface area contributed by atoms with Crippen molar-refractivity contribution in [1.82, 2.24) is 5.32 Å². The fourth-order valence-corrected chi connectivity index (χ4v) is 1.70. The average molecular weight is 287 g/mol. The van der Waals surface area contributed by atoms with E-state index in [-0.39, 0.29) is 24.4 Å². The Bertz CT molecular complexity index is 385. The van der Waals surface area contributed by atoms with Gasteiger partial charge in [-0.25, -0.2) is 0 Å². The van der Waals surface area contributed by atoms with Crippen molar-refractivity contribution >= 4 is 18.3 Å². The molecule has 0 aliphatic carbocycles. The van der Waals surface area contributed by atoms with Gasteiger partial charge in [-0.15, -0.1) is 12.4 Å². The highest BCUT2D eigenvalue weighted by atomic mass is 35.5. The van der Waals surface area contributed by atoms with Crippen molar-refractivity contribution in [3.8, 4) is 0 Å². The molecule has 0 heterocycles. The fraction of sp³-hybridized carbons (Fsp3) is 0.500. The molecule has 1 atom stereocenters. The van der Waals surface area contributed by atoms with Gasteiger partial charge in [-0.1, -0.05) is 19.1 Å². The van der Waals surface area contributed by atoms with Crippen molar-refractivity contribution in [2.75, 3.05) is 13.2 Å². The summed E-state index contributed by atoms with van der Waals surface area (Å²) in [5.41, 5.74) is 7.15. The lowest BCUT2D eigenvalue weighted by Gasteiger charge is -2.15. The number of halogens is 1. The van der Waals surface area contributed by atoms with Crippen molar-refractivity contribution in [3.05, 3.63) is 35.4 Å². The van der Waals surface area contributed by atoms with Crippen LogP contribution in [0.1, 0.15) is 36.2 Å². The first-order valence-corrected chi connectivity index (χ1v) is 6.40. The highest BCUT2D eigenvalue weighted by molar-refractivity contribution is 5.94. The van der Waals surface area contributed by atoms with E-state index in [1.54, 1.807) is 6.07 Å². The summed E-state index contributed by atoms with van der Waals surface area (Å²) in [5, 5.41) is 2.88. The molecule has 0 aromatic heterocycles. The lowest BCUT2D eigenvalue weighted by molar-refractivity contribution is 0.0569. The Morgan fingerprint density at radius 1 is 1.42 bits per heavy atom. The summed E-state index contributed by atoms with van der Waals surface area (Å²) in [6.07, 6.45) is 0.966. The van der Waals surface area contributed by atoms with Gasteiger partial charge in [0, 0.05) is 25.3 Å². The smallest absolute Gasteiger partial charge is 0.251 e. The summed E-state index contributed by atoms with van der Waals surface area (Å²) < 4.78 is 5.49. The number of benzene rings is 1. The molecule has 0 saturated carbocycles. The highest BCUT2D eigenvalue weighted by Crippen LogP contribution is 2.05. The topological polar surface area (TPSA) is 64.3 Å². The zero-order valence-electron chi connectivity index (χ0n) is 11.5. The quantitative estimate of drug-likeness (QED) is 0.807. The second kappa shape index (κ2) is 9.78. The summed E-state index contributed by atoms with van der Waals surface area (Å²) in [6, 6.07) is 7.36. The molecule has 1 amide bonds. The normalized spacial score (nSPS) is 11.5. The predicted molar refractivity (Wildman–Crippen MR) is 79.6 cm³/mol. The molecule has 0 fully saturated rings. The van der Waals surface area contributed by atoms with Gasteiger partial charge in [0.1, 0.15) is 0 Å². The molecule has 108 valence electrons. The molecule has 0 radical (unpaired) electrons. The minimum Gasteiger partial charge on any atom is -0.377 e. The Kier molecular flexibility index (Phi) is 9.21. The zero-order valence-corrected chi connectivity index (χ0v) is 12.3. The van der Waals surface area contributed by atoms with Gasteiger partial charge in [0.05, 0.1) is 6.10 Å². The molecular weight excluding hydrogens is 264 g/mol. The molecule has 1 rings (SSSR count). The standard InChI is InChI=1S/C14H22N2O2.ClH/c1-3-13(18-4-2)10-16-14(17)12-7-5-6-11(8-12)9-15;/h5-8,13H,3-4,9-10,15H2,1-2H3,(H,16,17);1H. The summed E-state index contributed by atoms with van der Waals surface area (Å²) in [6.45, 7) is 5.64. The van der Waals surface area contributed by atoms with Gasteiger partial charge in [-0.2, -0.15) is 0 Å². The maximum atomic E-state index is 11.9. The molecule has 0 spiro atoms. The fourth-order valence-electron chi connectivity index (χ4n) is 1.70. The van der Waals surface area contributed by atoms with Crippen molar-refractivity contribution in [2.24, 2.45) is 5.73 Å². The molecule has 1 aromatic carbocycles. The molecule has 3 N–H and O–H groups in total. The molecule has 19 heavy (non-hydrogen) atoms. The Morgan fingerprint density at radius 2 is 2.16 bits per heavy atom. The van der Waals surface area contributed by atoms with Crippen molar-refractivity contribution < 1.29 is 9.53 Å². The number of ether oxygens (including phenoxy) is 1. The predicted octanol–water partition coefficient (Wildman–Crippen LogP) is 2.11. The van der Waals surface area contributed by atoms with Crippen molar-refractivity contribution in [1.29, 1.82) is 0 Å². The summed E-state index contributed by atoms with van der Waals surface area (Å²) in [7, 11) is 0. The number of nitrogens with one attached hydrogen (secondary N) is 1. The van der Waals surface area contributed by atoms with Gasteiger partial charge in [0.2, 0.25) is 0 Å². The van der Waals surface area contributed by atoms with E-state index in [0.29, 0.717) is 25.3 Å². The van der Waals surface area contributed by atoms with Gasteiger partial charge >= 0.3 is 0 Å². The van der Waals surface area contributed by atoms with E-state index in [2.05, 4.69) is 5.32 Å². The average Bonchev–Trinajstić information content (AvgIpc) is 2.43. The third kappa shape index (κ3) is 6.05. The van der Waals surface area contributed by atoms with E-state index < -0.39 is 0 Å². The zero-order chi connectivity index (χ0) is 13.4. The molecule has 1 unspecified atom stereocenters. The van der Waals surface area contributed by atoms with Gasteiger partial charge in [0.15, 0.2) is 0 Å². The van der Waals surface area contributed by atoms with Gasteiger partial charge < -0.3 is 15.8 Å². The SMILES string of the molecule is CCOC(CC)CNC(=O)c1cccc(CN)c1.Cl.